The zero-order chi connectivity index (χ0) is 17.9. The molecule has 0 aliphatic carbocycles. The van der Waals surface area contributed by atoms with Crippen LogP contribution in [0.5, 0.6) is 5.75 Å². The molecule has 0 saturated heterocycles. The van der Waals surface area contributed by atoms with Crippen LogP contribution in [-0.2, 0) is 7.05 Å². The first-order chi connectivity index (χ1) is 11.3. The fraction of sp³-hybridized carbons (Fsp3) is 0.353. The predicted molar refractivity (Wildman–Crippen MR) is 88.5 cm³/mol. The van der Waals surface area contributed by atoms with Gasteiger partial charge in [-0.3, -0.25) is 9.48 Å². The molecular weight excluding hydrogens is 310 g/mol. The number of amides is 1. The molecule has 2 aromatic rings. The van der Waals surface area contributed by atoms with Crippen molar-refractivity contribution in [3.8, 4) is 5.75 Å². The summed E-state index contributed by atoms with van der Waals surface area (Å²) in [6.45, 7) is 4.62. The van der Waals surface area contributed by atoms with Gasteiger partial charge in [-0.2, -0.15) is 5.10 Å². The second-order valence-corrected chi connectivity index (χ2v) is 5.73. The highest BCUT2D eigenvalue weighted by molar-refractivity contribution is 6.03. The summed E-state index contributed by atoms with van der Waals surface area (Å²) in [5.74, 6) is -0.831. The highest BCUT2D eigenvalue weighted by Crippen LogP contribution is 2.16. The number of ether oxygens (including phenoxy) is 1. The van der Waals surface area contributed by atoms with Crippen molar-refractivity contribution in [3.63, 3.8) is 0 Å². The van der Waals surface area contributed by atoms with Crippen LogP contribution in [0, 0.1) is 13.8 Å². The van der Waals surface area contributed by atoms with Gasteiger partial charge in [-0.15, -0.1) is 0 Å². The predicted octanol–water partition coefficient (Wildman–Crippen LogP) is 1.89. The van der Waals surface area contributed by atoms with Crippen molar-refractivity contribution in [1.82, 2.24) is 14.7 Å². The molecule has 0 spiro atoms. The zero-order valence-corrected chi connectivity index (χ0v) is 14.2. The lowest BCUT2D eigenvalue weighted by atomic mass is 10.1. The lowest BCUT2D eigenvalue weighted by Crippen LogP contribution is -2.33. The van der Waals surface area contributed by atoms with Crippen molar-refractivity contribution in [3.05, 3.63) is 46.8 Å². The topological polar surface area (TPSA) is 84.7 Å². The van der Waals surface area contributed by atoms with Crippen molar-refractivity contribution < 1.29 is 19.4 Å². The summed E-state index contributed by atoms with van der Waals surface area (Å²) in [6, 6.07) is 5.91. The highest BCUT2D eigenvalue weighted by Gasteiger charge is 2.24. The molecule has 0 unspecified atom stereocenters. The van der Waals surface area contributed by atoms with Crippen molar-refractivity contribution in [2.24, 2.45) is 7.05 Å². The Hall–Kier alpha value is -2.83. The minimum Gasteiger partial charge on any atom is -0.492 e. The van der Waals surface area contributed by atoms with E-state index in [-0.39, 0.29) is 11.3 Å². The molecule has 7 heteroatoms. The number of carboxylic acid groups (broad SMARTS) is 1. The van der Waals surface area contributed by atoms with E-state index in [1.807, 2.05) is 26.0 Å². The Morgan fingerprint density at radius 3 is 2.46 bits per heavy atom. The summed E-state index contributed by atoms with van der Waals surface area (Å²) in [7, 11) is 3.14. The third kappa shape index (κ3) is 3.92. The molecule has 0 bridgehead atoms. The molecular formula is C17H21N3O4. The Bertz CT molecular complexity index is 747. The number of carbonyl (C=O) groups is 2. The molecule has 0 saturated carbocycles. The SMILES string of the molecule is Cc1cc(C)cc(OCCN(C)C(=O)c2c(C(=O)O)cnn2C)c1. The first-order valence-electron chi connectivity index (χ1n) is 7.51. The molecule has 1 aromatic carbocycles. The summed E-state index contributed by atoms with van der Waals surface area (Å²) in [5, 5.41) is 13.0. The van der Waals surface area contributed by atoms with E-state index in [2.05, 4.69) is 11.2 Å². The van der Waals surface area contributed by atoms with E-state index >= 15 is 0 Å². The molecule has 0 aliphatic heterocycles. The molecule has 1 aromatic heterocycles. The van der Waals surface area contributed by atoms with Gasteiger partial charge in [-0.05, 0) is 37.1 Å². The Kier molecular flexibility index (Phi) is 5.23. The van der Waals surface area contributed by atoms with Crippen LogP contribution >= 0.6 is 0 Å². The fourth-order valence-corrected chi connectivity index (χ4v) is 2.45. The summed E-state index contributed by atoms with van der Waals surface area (Å²) in [6.07, 6.45) is 1.18. The van der Waals surface area contributed by atoms with Crippen LogP contribution in [-0.4, -0.2) is 51.9 Å². The Morgan fingerprint density at radius 1 is 1.25 bits per heavy atom. The quantitative estimate of drug-likeness (QED) is 0.874. The average Bonchev–Trinajstić information content (AvgIpc) is 2.87. The molecule has 2 rings (SSSR count). The number of aromatic nitrogens is 2. The highest BCUT2D eigenvalue weighted by atomic mass is 16.5. The lowest BCUT2D eigenvalue weighted by Gasteiger charge is -2.18. The van der Waals surface area contributed by atoms with Gasteiger partial charge in [-0.25, -0.2) is 4.79 Å². The number of hydrogen-bond donors (Lipinski definition) is 1. The Morgan fingerprint density at radius 2 is 1.88 bits per heavy atom. The minimum atomic E-state index is -1.17. The molecule has 1 amide bonds. The number of benzene rings is 1. The summed E-state index contributed by atoms with van der Waals surface area (Å²) in [4.78, 5) is 25.0. The summed E-state index contributed by atoms with van der Waals surface area (Å²) in [5.41, 5.74) is 2.16. The van der Waals surface area contributed by atoms with Crippen LogP contribution < -0.4 is 4.74 Å². The van der Waals surface area contributed by atoms with Gasteiger partial charge in [0.05, 0.1) is 12.7 Å². The number of hydrogen-bond acceptors (Lipinski definition) is 4. The second-order valence-electron chi connectivity index (χ2n) is 5.73. The van der Waals surface area contributed by atoms with E-state index in [1.54, 1.807) is 14.1 Å². The third-order valence-electron chi connectivity index (χ3n) is 3.61. The second kappa shape index (κ2) is 7.16. The van der Waals surface area contributed by atoms with E-state index < -0.39 is 11.9 Å². The van der Waals surface area contributed by atoms with Crippen LogP contribution in [0.3, 0.4) is 0 Å². The molecule has 0 fully saturated rings. The standard InChI is InChI=1S/C17H21N3O4/c1-11-7-12(2)9-13(8-11)24-6-5-19(3)16(21)15-14(17(22)23)10-18-20(15)4/h7-10H,5-6H2,1-4H3,(H,22,23). The van der Waals surface area contributed by atoms with E-state index in [0.717, 1.165) is 16.9 Å². The van der Waals surface area contributed by atoms with Gasteiger partial charge in [0.2, 0.25) is 0 Å². The van der Waals surface area contributed by atoms with Gasteiger partial charge in [0, 0.05) is 14.1 Å². The van der Waals surface area contributed by atoms with E-state index in [9.17, 15) is 9.59 Å². The van der Waals surface area contributed by atoms with Crippen LogP contribution in [0.4, 0.5) is 0 Å². The van der Waals surface area contributed by atoms with Gasteiger partial charge in [-0.1, -0.05) is 6.07 Å². The number of nitrogens with zero attached hydrogens (tertiary/aromatic N) is 3. The maximum Gasteiger partial charge on any atom is 0.339 e. The molecule has 24 heavy (non-hydrogen) atoms. The first kappa shape index (κ1) is 17.5. The molecule has 0 atom stereocenters. The normalized spacial score (nSPS) is 10.5. The number of aromatic carboxylic acids is 1. The molecule has 0 aliphatic rings. The van der Waals surface area contributed by atoms with Crippen LogP contribution in [0.1, 0.15) is 32.0 Å². The number of carbonyl (C=O) groups excluding carboxylic acids is 1. The smallest absolute Gasteiger partial charge is 0.339 e. The van der Waals surface area contributed by atoms with Crippen molar-refractivity contribution in [1.29, 1.82) is 0 Å². The maximum absolute atomic E-state index is 12.4. The summed E-state index contributed by atoms with van der Waals surface area (Å²) >= 11 is 0. The van der Waals surface area contributed by atoms with Crippen molar-refractivity contribution in [2.45, 2.75) is 13.8 Å². The monoisotopic (exact) mass is 331 g/mol. The largest absolute Gasteiger partial charge is 0.492 e. The molecule has 0 radical (unpaired) electrons. The van der Waals surface area contributed by atoms with Gasteiger partial charge < -0.3 is 14.7 Å². The zero-order valence-electron chi connectivity index (χ0n) is 14.2. The molecule has 1 heterocycles. The van der Waals surface area contributed by atoms with Crippen molar-refractivity contribution >= 4 is 11.9 Å². The van der Waals surface area contributed by atoms with Gasteiger partial charge in [0.1, 0.15) is 23.6 Å². The lowest BCUT2D eigenvalue weighted by molar-refractivity contribution is 0.0676. The van der Waals surface area contributed by atoms with E-state index in [4.69, 9.17) is 9.84 Å². The minimum absolute atomic E-state index is 0.0522. The maximum atomic E-state index is 12.4. The molecule has 1 N–H and O–H groups in total. The van der Waals surface area contributed by atoms with E-state index in [0.29, 0.717) is 13.2 Å². The average molecular weight is 331 g/mol. The number of likely N-dealkylation sites (N-methyl/N-ethyl adjacent to an activating group) is 1. The third-order valence-corrected chi connectivity index (χ3v) is 3.61. The number of carboxylic acids is 1. The number of aryl methyl sites for hydroxylation is 3. The molecule has 7 nitrogen and oxygen atoms in total. The van der Waals surface area contributed by atoms with Crippen LogP contribution in [0.15, 0.2) is 24.4 Å². The van der Waals surface area contributed by atoms with Crippen LogP contribution in [0.25, 0.3) is 0 Å². The van der Waals surface area contributed by atoms with Gasteiger partial charge >= 0.3 is 5.97 Å². The summed E-state index contributed by atoms with van der Waals surface area (Å²) < 4.78 is 6.95. The van der Waals surface area contributed by atoms with Crippen molar-refractivity contribution in [2.75, 3.05) is 20.2 Å². The Balaban J connectivity index is 2.00. The Labute approximate surface area is 140 Å². The first-order valence-corrected chi connectivity index (χ1v) is 7.51. The number of rotatable bonds is 6. The van der Waals surface area contributed by atoms with Crippen LogP contribution in [0.2, 0.25) is 0 Å². The molecule has 128 valence electrons. The van der Waals surface area contributed by atoms with Gasteiger partial charge in [0.15, 0.2) is 0 Å². The van der Waals surface area contributed by atoms with E-state index in [1.165, 1.54) is 15.8 Å². The fourth-order valence-electron chi connectivity index (χ4n) is 2.45. The van der Waals surface area contributed by atoms with Gasteiger partial charge in [0.25, 0.3) is 5.91 Å².